The highest BCUT2D eigenvalue weighted by Crippen LogP contribution is 2.21. The summed E-state index contributed by atoms with van der Waals surface area (Å²) in [5.41, 5.74) is 1.04. The van der Waals surface area contributed by atoms with Gasteiger partial charge in [-0.1, -0.05) is 48.9 Å². The largest absolute Gasteiger partial charge is 0.350 e. The average Bonchev–Trinajstić information content (AvgIpc) is 2.63. The van der Waals surface area contributed by atoms with Gasteiger partial charge in [0, 0.05) is 17.1 Å². The van der Waals surface area contributed by atoms with Crippen LogP contribution in [0.15, 0.2) is 48.5 Å². The third-order valence-corrected chi connectivity index (χ3v) is 4.82. The zero-order valence-electron chi connectivity index (χ0n) is 17.3. The van der Waals surface area contributed by atoms with Crippen LogP contribution in [0, 0.1) is 5.82 Å². The molecule has 0 aromatic heterocycles. The molecule has 156 valence electrons. The molecule has 1 N–H and O–H groups in total. The number of halogens is 2. The smallest absolute Gasteiger partial charge is 0.243 e. The molecule has 0 aliphatic carbocycles. The lowest BCUT2D eigenvalue weighted by molar-refractivity contribution is -0.141. The Hall–Kier alpha value is -2.40. The summed E-state index contributed by atoms with van der Waals surface area (Å²) in [6, 6.07) is 12.4. The van der Waals surface area contributed by atoms with Gasteiger partial charge in [0.25, 0.3) is 0 Å². The summed E-state index contributed by atoms with van der Waals surface area (Å²) in [6.07, 6.45) is 0.533. The Bertz CT molecular complexity index is 847. The summed E-state index contributed by atoms with van der Waals surface area (Å²) in [5, 5.41) is 3.50. The zero-order valence-corrected chi connectivity index (χ0v) is 18.1. The second kappa shape index (κ2) is 9.88. The molecular formula is C23H28ClFN2O2. The number of benzene rings is 2. The number of amides is 2. The van der Waals surface area contributed by atoms with Gasteiger partial charge in [-0.2, -0.15) is 0 Å². The first-order valence-electron chi connectivity index (χ1n) is 9.70. The van der Waals surface area contributed by atoms with Crippen molar-refractivity contribution in [3.05, 3.63) is 70.5 Å². The van der Waals surface area contributed by atoms with Crippen LogP contribution in [0.5, 0.6) is 0 Å². The molecule has 0 saturated carbocycles. The maximum absolute atomic E-state index is 13.2. The van der Waals surface area contributed by atoms with Gasteiger partial charge in [-0.3, -0.25) is 9.59 Å². The quantitative estimate of drug-likeness (QED) is 0.705. The Morgan fingerprint density at radius 1 is 1.10 bits per heavy atom. The van der Waals surface area contributed by atoms with Crippen LogP contribution in [0.4, 0.5) is 4.39 Å². The molecule has 1 atom stereocenters. The van der Waals surface area contributed by atoms with E-state index in [4.69, 9.17) is 11.6 Å². The predicted molar refractivity (Wildman–Crippen MR) is 114 cm³/mol. The van der Waals surface area contributed by atoms with Gasteiger partial charge in [0.2, 0.25) is 11.8 Å². The predicted octanol–water partition coefficient (Wildman–Crippen LogP) is 4.74. The number of rotatable bonds is 7. The van der Waals surface area contributed by atoms with Crippen molar-refractivity contribution in [2.24, 2.45) is 0 Å². The first kappa shape index (κ1) is 22.9. The van der Waals surface area contributed by atoms with Gasteiger partial charge in [0.15, 0.2) is 0 Å². The first-order chi connectivity index (χ1) is 13.6. The highest BCUT2D eigenvalue weighted by atomic mass is 35.5. The number of nitrogens with one attached hydrogen (secondary N) is 1. The second-order valence-electron chi connectivity index (χ2n) is 8.08. The van der Waals surface area contributed by atoms with E-state index < -0.39 is 11.6 Å². The summed E-state index contributed by atoms with van der Waals surface area (Å²) < 4.78 is 13.2. The fourth-order valence-electron chi connectivity index (χ4n) is 3.06. The molecule has 0 fully saturated rings. The Balaban J connectivity index is 2.32. The molecule has 0 radical (unpaired) electrons. The standard InChI is InChI=1S/C23H28ClFN2O2/c1-5-20(22(29)26-23(2,3)4)27(15-17-8-6-7-9-19(17)24)21(28)14-16-10-12-18(25)13-11-16/h6-13,20H,5,14-15H2,1-4H3,(H,26,29). The fourth-order valence-corrected chi connectivity index (χ4v) is 3.26. The molecular weight excluding hydrogens is 391 g/mol. The van der Waals surface area contributed by atoms with E-state index in [2.05, 4.69) is 5.32 Å². The van der Waals surface area contributed by atoms with Gasteiger partial charge >= 0.3 is 0 Å². The maximum Gasteiger partial charge on any atom is 0.243 e. The SMILES string of the molecule is CCC(C(=O)NC(C)(C)C)N(Cc1ccccc1Cl)C(=O)Cc1ccc(F)cc1. The monoisotopic (exact) mass is 418 g/mol. The Morgan fingerprint density at radius 3 is 2.28 bits per heavy atom. The van der Waals surface area contributed by atoms with E-state index in [9.17, 15) is 14.0 Å². The van der Waals surface area contributed by atoms with E-state index in [1.54, 1.807) is 23.1 Å². The lowest BCUT2D eigenvalue weighted by Gasteiger charge is -2.33. The van der Waals surface area contributed by atoms with Crippen LogP contribution in [0.25, 0.3) is 0 Å². The lowest BCUT2D eigenvalue weighted by Crippen LogP contribution is -2.53. The summed E-state index contributed by atoms with van der Waals surface area (Å²) >= 11 is 6.30. The molecule has 2 aromatic rings. The van der Waals surface area contributed by atoms with Crippen molar-refractivity contribution in [3.63, 3.8) is 0 Å². The van der Waals surface area contributed by atoms with Gasteiger partial charge in [-0.25, -0.2) is 4.39 Å². The number of carbonyl (C=O) groups is 2. The van der Waals surface area contributed by atoms with Crippen molar-refractivity contribution in [1.82, 2.24) is 10.2 Å². The highest BCUT2D eigenvalue weighted by Gasteiger charge is 2.30. The van der Waals surface area contributed by atoms with Crippen LogP contribution in [0.3, 0.4) is 0 Å². The van der Waals surface area contributed by atoms with E-state index in [0.717, 1.165) is 5.56 Å². The molecule has 0 spiro atoms. The minimum absolute atomic E-state index is 0.0734. The van der Waals surface area contributed by atoms with Crippen molar-refractivity contribution in [2.45, 2.75) is 58.7 Å². The van der Waals surface area contributed by atoms with Crippen LogP contribution >= 0.6 is 11.6 Å². The first-order valence-corrected chi connectivity index (χ1v) is 10.1. The van der Waals surface area contributed by atoms with E-state index in [0.29, 0.717) is 17.0 Å². The number of nitrogens with zero attached hydrogens (tertiary/aromatic N) is 1. The van der Waals surface area contributed by atoms with Gasteiger partial charge in [-0.15, -0.1) is 0 Å². The third kappa shape index (κ3) is 6.86. The number of carbonyl (C=O) groups excluding carboxylic acids is 2. The Labute approximate surface area is 177 Å². The highest BCUT2D eigenvalue weighted by molar-refractivity contribution is 6.31. The molecule has 0 bridgehead atoms. The second-order valence-corrected chi connectivity index (χ2v) is 8.49. The van der Waals surface area contributed by atoms with E-state index in [1.165, 1.54) is 12.1 Å². The Kier molecular flexibility index (Phi) is 7.80. The topological polar surface area (TPSA) is 49.4 Å². The van der Waals surface area contributed by atoms with Crippen molar-refractivity contribution in [2.75, 3.05) is 0 Å². The van der Waals surface area contributed by atoms with Gasteiger partial charge in [0.1, 0.15) is 11.9 Å². The minimum Gasteiger partial charge on any atom is -0.350 e. The molecule has 2 aromatic carbocycles. The van der Waals surface area contributed by atoms with Crippen molar-refractivity contribution in [1.29, 1.82) is 0 Å². The summed E-state index contributed by atoms with van der Waals surface area (Å²) in [4.78, 5) is 27.7. The van der Waals surface area contributed by atoms with Crippen molar-refractivity contribution in [3.8, 4) is 0 Å². The normalized spacial score (nSPS) is 12.3. The number of hydrogen-bond acceptors (Lipinski definition) is 2. The van der Waals surface area contributed by atoms with E-state index in [1.807, 2.05) is 45.9 Å². The molecule has 2 amide bonds. The summed E-state index contributed by atoms with van der Waals surface area (Å²) in [7, 11) is 0. The molecule has 0 saturated heterocycles. The van der Waals surface area contributed by atoms with E-state index >= 15 is 0 Å². The molecule has 29 heavy (non-hydrogen) atoms. The Morgan fingerprint density at radius 2 is 1.72 bits per heavy atom. The molecule has 2 rings (SSSR count). The maximum atomic E-state index is 13.2. The van der Waals surface area contributed by atoms with Crippen LogP contribution in [0.2, 0.25) is 5.02 Å². The fraction of sp³-hybridized carbons (Fsp3) is 0.391. The van der Waals surface area contributed by atoms with Crippen LogP contribution in [-0.2, 0) is 22.6 Å². The minimum atomic E-state index is -0.640. The molecule has 0 aliphatic rings. The molecule has 1 unspecified atom stereocenters. The molecule has 4 nitrogen and oxygen atoms in total. The zero-order chi connectivity index (χ0) is 21.6. The van der Waals surface area contributed by atoms with Gasteiger partial charge in [-0.05, 0) is 56.5 Å². The van der Waals surface area contributed by atoms with E-state index in [-0.39, 0.29) is 30.6 Å². The van der Waals surface area contributed by atoms with Crippen LogP contribution in [-0.4, -0.2) is 28.3 Å². The lowest BCUT2D eigenvalue weighted by atomic mass is 10.0. The summed E-state index contributed by atoms with van der Waals surface area (Å²) in [5.74, 6) is -0.781. The average molecular weight is 419 g/mol. The molecule has 0 aliphatic heterocycles. The molecule has 0 heterocycles. The van der Waals surface area contributed by atoms with Crippen LogP contribution < -0.4 is 5.32 Å². The van der Waals surface area contributed by atoms with Crippen molar-refractivity contribution >= 4 is 23.4 Å². The van der Waals surface area contributed by atoms with Crippen molar-refractivity contribution < 1.29 is 14.0 Å². The van der Waals surface area contributed by atoms with Gasteiger partial charge in [0.05, 0.1) is 6.42 Å². The van der Waals surface area contributed by atoms with Gasteiger partial charge < -0.3 is 10.2 Å². The summed E-state index contributed by atoms with van der Waals surface area (Å²) in [6.45, 7) is 7.79. The molecule has 6 heteroatoms. The third-order valence-electron chi connectivity index (χ3n) is 4.45. The number of hydrogen-bond donors (Lipinski definition) is 1. The van der Waals surface area contributed by atoms with Crippen LogP contribution in [0.1, 0.15) is 45.2 Å².